The van der Waals surface area contributed by atoms with Crippen molar-refractivity contribution in [3.8, 4) is 5.75 Å². The van der Waals surface area contributed by atoms with E-state index in [0.29, 0.717) is 19.2 Å². The predicted octanol–water partition coefficient (Wildman–Crippen LogP) is 2.81. The van der Waals surface area contributed by atoms with Crippen LogP contribution in [-0.2, 0) is 11.2 Å². The van der Waals surface area contributed by atoms with Crippen LogP contribution in [0.4, 0.5) is 0 Å². The number of hydrogen-bond acceptors (Lipinski definition) is 3. The van der Waals surface area contributed by atoms with Gasteiger partial charge in [-0.3, -0.25) is 9.69 Å². The molecule has 0 radical (unpaired) electrons. The summed E-state index contributed by atoms with van der Waals surface area (Å²) < 4.78 is 5.45. The van der Waals surface area contributed by atoms with Gasteiger partial charge < -0.3 is 9.84 Å². The molecule has 1 aromatic rings. The van der Waals surface area contributed by atoms with Gasteiger partial charge in [0, 0.05) is 12.6 Å². The van der Waals surface area contributed by atoms with Crippen LogP contribution in [0.25, 0.3) is 0 Å². The summed E-state index contributed by atoms with van der Waals surface area (Å²) in [6, 6.07) is 8.56. The Hall–Kier alpha value is -1.55. The quantitative estimate of drug-likeness (QED) is 0.875. The number of carboxylic acid groups (broad SMARTS) is 1. The zero-order valence-electron chi connectivity index (χ0n) is 12.9. The Bertz CT molecular complexity index is 458. The minimum absolute atomic E-state index is 0.207. The van der Waals surface area contributed by atoms with Crippen molar-refractivity contribution in [3.05, 3.63) is 29.8 Å². The van der Waals surface area contributed by atoms with Gasteiger partial charge in [-0.1, -0.05) is 12.1 Å². The Morgan fingerprint density at radius 2 is 2.14 bits per heavy atom. The number of carboxylic acids is 1. The van der Waals surface area contributed by atoms with Gasteiger partial charge >= 0.3 is 5.97 Å². The van der Waals surface area contributed by atoms with Crippen LogP contribution in [0.15, 0.2) is 24.3 Å². The standard InChI is InChI=1S/C17H25NO3/c1-3-21-16-8-6-14(7-9-16)11-13(2)18-10-4-5-15(12-18)17(19)20/h6-9,13,15H,3-5,10-12H2,1-2H3,(H,19,20). The van der Waals surface area contributed by atoms with Gasteiger partial charge in [-0.2, -0.15) is 0 Å². The van der Waals surface area contributed by atoms with E-state index < -0.39 is 5.97 Å². The van der Waals surface area contributed by atoms with Gasteiger partial charge in [-0.15, -0.1) is 0 Å². The molecule has 1 heterocycles. The first-order valence-electron chi connectivity index (χ1n) is 7.78. The smallest absolute Gasteiger partial charge is 0.307 e. The molecule has 4 heteroatoms. The summed E-state index contributed by atoms with van der Waals surface area (Å²) in [4.78, 5) is 13.4. The average molecular weight is 291 g/mol. The van der Waals surface area contributed by atoms with Gasteiger partial charge in [0.15, 0.2) is 0 Å². The van der Waals surface area contributed by atoms with Gasteiger partial charge in [0.05, 0.1) is 12.5 Å². The second-order valence-electron chi connectivity index (χ2n) is 5.80. The first kappa shape index (κ1) is 15.8. The molecular formula is C17H25NO3. The Balaban J connectivity index is 1.91. The molecule has 1 saturated heterocycles. The first-order valence-corrected chi connectivity index (χ1v) is 7.78. The zero-order chi connectivity index (χ0) is 15.2. The lowest BCUT2D eigenvalue weighted by molar-refractivity contribution is -0.143. The molecule has 116 valence electrons. The number of nitrogens with zero attached hydrogens (tertiary/aromatic N) is 1. The number of piperidine rings is 1. The van der Waals surface area contributed by atoms with E-state index in [2.05, 4.69) is 24.0 Å². The summed E-state index contributed by atoms with van der Waals surface area (Å²) in [7, 11) is 0. The van der Waals surface area contributed by atoms with Crippen LogP contribution in [0, 0.1) is 5.92 Å². The van der Waals surface area contributed by atoms with Crippen molar-refractivity contribution < 1.29 is 14.6 Å². The van der Waals surface area contributed by atoms with Crippen molar-refractivity contribution >= 4 is 5.97 Å². The summed E-state index contributed by atoms with van der Waals surface area (Å²) in [5, 5.41) is 9.17. The highest BCUT2D eigenvalue weighted by Crippen LogP contribution is 2.21. The molecule has 0 aromatic heterocycles. The van der Waals surface area contributed by atoms with Crippen molar-refractivity contribution in [3.63, 3.8) is 0 Å². The minimum Gasteiger partial charge on any atom is -0.494 e. The lowest BCUT2D eigenvalue weighted by Crippen LogP contribution is -2.44. The van der Waals surface area contributed by atoms with Crippen molar-refractivity contribution in [1.82, 2.24) is 4.90 Å². The van der Waals surface area contributed by atoms with Crippen molar-refractivity contribution in [2.75, 3.05) is 19.7 Å². The number of likely N-dealkylation sites (tertiary alicyclic amines) is 1. The monoisotopic (exact) mass is 291 g/mol. The molecular weight excluding hydrogens is 266 g/mol. The largest absolute Gasteiger partial charge is 0.494 e. The van der Waals surface area contributed by atoms with Crippen LogP contribution in [0.3, 0.4) is 0 Å². The number of ether oxygens (including phenoxy) is 1. The molecule has 1 fully saturated rings. The molecule has 0 aliphatic carbocycles. The van der Waals surface area contributed by atoms with Crippen LogP contribution in [-0.4, -0.2) is 41.7 Å². The van der Waals surface area contributed by atoms with E-state index in [1.165, 1.54) is 5.56 Å². The van der Waals surface area contributed by atoms with E-state index in [-0.39, 0.29) is 5.92 Å². The second-order valence-corrected chi connectivity index (χ2v) is 5.80. The van der Waals surface area contributed by atoms with E-state index in [1.807, 2.05) is 19.1 Å². The highest BCUT2D eigenvalue weighted by molar-refractivity contribution is 5.70. The number of benzene rings is 1. The summed E-state index contributed by atoms with van der Waals surface area (Å²) in [5.41, 5.74) is 1.27. The summed E-state index contributed by atoms with van der Waals surface area (Å²) in [5.74, 6) is 0.0346. The van der Waals surface area contributed by atoms with Crippen LogP contribution in [0.5, 0.6) is 5.75 Å². The lowest BCUT2D eigenvalue weighted by Gasteiger charge is -2.35. The Morgan fingerprint density at radius 3 is 2.76 bits per heavy atom. The van der Waals surface area contributed by atoms with E-state index >= 15 is 0 Å². The average Bonchev–Trinajstić information content (AvgIpc) is 2.49. The maximum absolute atomic E-state index is 11.1. The minimum atomic E-state index is -0.659. The number of hydrogen-bond donors (Lipinski definition) is 1. The fraction of sp³-hybridized carbons (Fsp3) is 0.588. The Morgan fingerprint density at radius 1 is 1.43 bits per heavy atom. The predicted molar refractivity (Wildman–Crippen MR) is 82.7 cm³/mol. The van der Waals surface area contributed by atoms with Gasteiger partial charge in [-0.05, 0) is 57.4 Å². The van der Waals surface area contributed by atoms with E-state index in [4.69, 9.17) is 9.84 Å². The molecule has 1 aliphatic rings. The van der Waals surface area contributed by atoms with E-state index in [1.54, 1.807) is 0 Å². The van der Waals surface area contributed by atoms with Crippen LogP contribution in [0.2, 0.25) is 0 Å². The lowest BCUT2D eigenvalue weighted by atomic mass is 9.95. The summed E-state index contributed by atoms with van der Waals surface area (Å²) >= 11 is 0. The van der Waals surface area contributed by atoms with Gasteiger partial charge in [0.1, 0.15) is 5.75 Å². The topological polar surface area (TPSA) is 49.8 Å². The van der Waals surface area contributed by atoms with Crippen molar-refractivity contribution in [2.24, 2.45) is 5.92 Å². The highest BCUT2D eigenvalue weighted by atomic mass is 16.5. The summed E-state index contributed by atoms with van der Waals surface area (Å²) in [6.45, 7) is 6.52. The normalized spacial score (nSPS) is 21.0. The fourth-order valence-corrected chi connectivity index (χ4v) is 2.97. The Kier molecular flexibility index (Phi) is 5.62. The van der Waals surface area contributed by atoms with E-state index in [9.17, 15) is 4.79 Å². The molecule has 0 spiro atoms. The molecule has 4 nitrogen and oxygen atoms in total. The van der Waals surface area contributed by atoms with Crippen LogP contribution in [0.1, 0.15) is 32.3 Å². The van der Waals surface area contributed by atoms with Crippen LogP contribution >= 0.6 is 0 Å². The third kappa shape index (κ3) is 4.46. The fourth-order valence-electron chi connectivity index (χ4n) is 2.97. The molecule has 2 atom stereocenters. The number of rotatable bonds is 6. The number of aliphatic carboxylic acids is 1. The Labute approximate surface area is 126 Å². The van der Waals surface area contributed by atoms with Gasteiger partial charge in [0.2, 0.25) is 0 Å². The third-order valence-corrected chi connectivity index (χ3v) is 4.19. The molecule has 0 saturated carbocycles. The SMILES string of the molecule is CCOc1ccc(CC(C)N2CCCC(C(=O)O)C2)cc1. The first-order chi connectivity index (χ1) is 10.1. The molecule has 0 amide bonds. The molecule has 21 heavy (non-hydrogen) atoms. The van der Waals surface area contributed by atoms with Crippen molar-refractivity contribution in [1.29, 1.82) is 0 Å². The second kappa shape index (κ2) is 7.46. The summed E-state index contributed by atoms with van der Waals surface area (Å²) in [6.07, 6.45) is 2.73. The molecule has 1 N–H and O–H groups in total. The highest BCUT2D eigenvalue weighted by Gasteiger charge is 2.27. The molecule has 1 aromatic carbocycles. The molecule has 2 rings (SSSR count). The van der Waals surface area contributed by atoms with E-state index in [0.717, 1.165) is 31.6 Å². The zero-order valence-corrected chi connectivity index (χ0v) is 12.9. The molecule has 0 bridgehead atoms. The van der Waals surface area contributed by atoms with Crippen molar-refractivity contribution in [2.45, 2.75) is 39.2 Å². The third-order valence-electron chi connectivity index (χ3n) is 4.19. The molecule has 2 unspecified atom stereocenters. The number of carbonyl (C=O) groups is 1. The van der Waals surface area contributed by atoms with Gasteiger partial charge in [-0.25, -0.2) is 0 Å². The maximum atomic E-state index is 11.1. The molecule has 1 aliphatic heterocycles. The maximum Gasteiger partial charge on any atom is 0.307 e. The van der Waals surface area contributed by atoms with Gasteiger partial charge in [0.25, 0.3) is 0 Å². The van der Waals surface area contributed by atoms with Crippen LogP contribution < -0.4 is 4.74 Å².